The molecule has 6 nitrogen and oxygen atoms in total. The van der Waals surface area contributed by atoms with Crippen molar-refractivity contribution in [2.45, 2.75) is 31.6 Å². The number of rotatable bonds is 7. The summed E-state index contributed by atoms with van der Waals surface area (Å²) in [5, 5.41) is 12.7. The highest BCUT2D eigenvalue weighted by Gasteiger charge is 2.26. The molecule has 0 spiro atoms. The number of benzene rings is 2. The molecular weight excluding hydrogens is 437 g/mol. The van der Waals surface area contributed by atoms with Crippen LogP contribution >= 0.6 is 23.2 Å². The van der Waals surface area contributed by atoms with Crippen LogP contribution in [-0.4, -0.2) is 29.3 Å². The Kier molecular flexibility index (Phi) is 7.10. The average Bonchev–Trinajstić information content (AvgIpc) is 3.28. The molecule has 1 fully saturated rings. The third-order valence-electron chi connectivity index (χ3n) is 5.50. The first kappa shape index (κ1) is 21.7. The lowest BCUT2D eigenvalue weighted by atomic mass is 9.82. The number of hydrogen-bond donors (Lipinski definition) is 1. The molecule has 0 saturated heterocycles. The summed E-state index contributed by atoms with van der Waals surface area (Å²) in [6, 6.07) is 14.3. The summed E-state index contributed by atoms with van der Waals surface area (Å²) in [7, 11) is 0. The summed E-state index contributed by atoms with van der Waals surface area (Å²) >= 11 is 11.8. The number of carbonyl (C=O) groups excluding carboxylic acids is 1. The van der Waals surface area contributed by atoms with E-state index in [1.165, 1.54) is 0 Å². The van der Waals surface area contributed by atoms with Gasteiger partial charge in [0.2, 0.25) is 11.8 Å². The lowest BCUT2D eigenvalue weighted by Crippen LogP contribution is -2.34. The van der Waals surface area contributed by atoms with E-state index in [1.54, 1.807) is 36.4 Å². The molecule has 0 radical (unpaired) electrons. The number of nitrogens with one attached hydrogen (secondary N) is 1. The van der Waals surface area contributed by atoms with Gasteiger partial charge in [0.05, 0.1) is 0 Å². The smallest absolute Gasteiger partial charge is 0.257 e. The maximum absolute atomic E-state index is 12.1. The Morgan fingerprint density at radius 2 is 1.61 bits per heavy atom. The van der Waals surface area contributed by atoms with Crippen molar-refractivity contribution in [2.75, 3.05) is 13.2 Å². The lowest BCUT2D eigenvalue weighted by molar-refractivity contribution is -0.123. The summed E-state index contributed by atoms with van der Waals surface area (Å²) in [6.45, 7) is 0.641. The molecule has 0 atom stereocenters. The topological polar surface area (TPSA) is 77.2 Å². The van der Waals surface area contributed by atoms with Gasteiger partial charge in [0, 0.05) is 28.1 Å². The molecule has 8 heteroatoms. The largest absolute Gasteiger partial charge is 0.484 e. The number of amides is 1. The van der Waals surface area contributed by atoms with Gasteiger partial charge in [-0.1, -0.05) is 23.2 Å². The molecule has 1 aromatic heterocycles. The third kappa shape index (κ3) is 5.99. The number of halogens is 2. The molecule has 1 heterocycles. The van der Waals surface area contributed by atoms with E-state index in [0.717, 1.165) is 31.2 Å². The first-order valence-electron chi connectivity index (χ1n) is 10.3. The molecule has 3 aromatic rings. The van der Waals surface area contributed by atoms with E-state index in [4.69, 9.17) is 32.4 Å². The van der Waals surface area contributed by atoms with Crippen molar-refractivity contribution >= 4 is 29.1 Å². The van der Waals surface area contributed by atoms with Crippen molar-refractivity contribution in [1.29, 1.82) is 0 Å². The number of aromatic nitrogens is 2. The quantitative estimate of drug-likeness (QED) is 0.503. The molecule has 4 rings (SSSR count). The summed E-state index contributed by atoms with van der Waals surface area (Å²) in [5.41, 5.74) is 0.861. The number of hydrogen-bond acceptors (Lipinski definition) is 5. The molecule has 0 unspecified atom stereocenters. The van der Waals surface area contributed by atoms with Crippen molar-refractivity contribution < 1.29 is 13.9 Å². The van der Waals surface area contributed by atoms with Gasteiger partial charge in [-0.05, 0) is 80.1 Å². The van der Waals surface area contributed by atoms with E-state index in [1.807, 2.05) is 12.1 Å². The van der Waals surface area contributed by atoms with E-state index < -0.39 is 0 Å². The van der Waals surface area contributed by atoms with Gasteiger partial charge in [0.15, 0.2) is 6.61 Å². The number of nitrogens with zero attached hydrogens (tertiary/aromatic N) is 2. The highest BCUT2D eigenvalue weighted by molar-refractivity contribution is 6.30. The lowest BCUT2D eigenvalue weighted by Gasteiger charge is -2.26. The Hall–Kier alpha value is -2.57. The highest BCUT2D eigenvalue weighted by Crippen LogP contribution is 2.36. The van der Waals surface area contributed by atoms with Crippen molar-refractivity contribution in [2.24, 2.45) is 5.92 Å². The Bertz CT molecular complexity index is 998. The normalized spacial score (nSPS) is 18.5. The fourth-order valence-corrected chi connectivity index (χ4v) is 3.96. The molecule has 1 aliphatic rings. The van der Waals surface area contributed by atoms with E-state index >= 15 is 0 Å². The van der Waals surface area contributed by atoms with Gasteiger partial charge >= 0.3 is 0 Å². The molecular formula is C23H23Cl2N3O3. The van der Waals surface area contributed by atoms with Gasteiger partial charge in [-0.25, -0.2) is 0 Å². The van der Waals surface area contributed by atoms with Gasteiger partial charge in [-0.15, -0.1) is 10.2 Å². The van der Waals surface area contributed by atoms with E-state index in [0.29, 0.717) is 40.0 Å². The third-order valence-corrected chi connectivity index (χ3v) is 6.00. The van der Waals surface area contributed by atoms with Crippen LogP contribution in [-0.2, 0) is 4.79 Å². The second-order valence-electron chi connectivity index (χ2n) is 7.72. The van der Waals surface area contributed by atoms with Crippen LogP contribution in [0.25, 0.3) is 11.5 Å². The second kappa shape index (κ2) is 10.2. The van der Waals surface area contributed by atoms with Crippen molar-refractivity contribution in [3.05, 3.63) is 64.5 Å². The predicted octanol–water partition coefficient (Wildman–Crippen LogP) is 5.51. The zero-order valence-corrected chi connectivity index (χ0v) is 18.4. The molecule has 1 aliphatic carbocycles. The molecule has 1 saturated carbocycles. The van der Waals surface area contributed by atoms with Gasteiger partial charge in [0.1, 0.15) is 5.75 Å². The zero-order valence-electron chi connectivity index (χ0n) is 16.9. The Labute approximate surface area is 190 Å². The Morgan fingerprint density at radius 1 is 0.968 bits per heavy atom. The maximum atomic E-state index is 12.1. The molecule has 0 bridgehead atoms. The average molecular weight is 460 g/mol. The van der Waals surface area contributed by atoms with E-state index in [-0.39, 0.29) is 18.4 Å². The fourth-order valence-electron chi connectivity index (χ4n) is 3.71. The van der Waals surface area contributed by atoms with Crippen LogP contribution in [0.5, 0.6) is 5.75 Å². The van der Waals surface area contributed by atoms with Gasteiger partial charge in [-0.3, -0.25) is 4.79 Å². The molecule has 2 aromatic carbocycles. The minimum Gasteiger partial charge on any atom is -0.484 e. The minimum absolute atomic E-state index is 0.00750. The fraction of sp³-hybridized carbons (Fsp3) is 0.348. The molecule has 1 N–H and O–H groups in total. The minimum atomic E-state index is -0.124. The molecule has 31 heavy (non-hydrogen) atoms. The van der Waals surface area contributed by atoms with Crippen LogP contribution in [0.15, 0.2) is 52.9 Å². The van der Waals surface area contributed by atoms with Crippen molar-refractivity contribution in [3.63, 3.8) is 0 Å². The van der Waals surface area contributed by atoms with Crippen molar-refractivity contribution in [3.8, 4) is 17.2 Å². The van der Waals surface area contributed by atoms with Gasteiger partial charge in [0.25, 0.3) is 5.91 Å². The second-order valence-corrected chi connectivity index (χ2v) is 8.59. The molecule has 0 aliphatic heterocycles. The summed E-state index contributed by atoms with van der Waals surface area (Å²) in [6.07, 6.45) is 3.93. The number of carbonyl (C=O) groups is 1. The first-order valence-corrected chi connectivity index (χ1v) is 11.1. The monoisotopic (exact) mass is 459 g/mol. The first-order chi connectivity index (χ1) is 15.1. The van der Waals surface area contributed by atoms with E-state index in [9.17, 15) is 4.79 Å². The summed E-state index contributed by atoms with van der Waals surface area (Å²) in [4.78, 5) is 12.1. The van der Waals surface area contributed by atoms with Gasteiger partial charge in [-0.2, -0.15) is 0 Å². The molecule has 1 amide bonds. The van der Waals surface area contributed by atoms with Crippen molar-refractivity contribution in [1.82, 2.24) is 15.5 Å². The van der Waals surface area contributed by atoms with Crippen LogP contribution in [0.3, 0.4) is 0 Å². The van der Waals surface area contributed by atoms with Crippen LogP contribution in [0.4, 0.5) is 0 Å². The van der Waals surface area contributed by atoms with Crippen LogP contribution in [0.1, 0.15) is 37.5 Å². The Balaban J connectivity index is 1.20. The summed E-state index contributed by atoms with van der Waals surface area (Å²) in [5.74, 6) is 2.40. The van der Waals surface area contributed by atoms with Gasteiger partial charge < -0.3 is 14.5 Å². The highest BCUT2D eigenvalue weighted by atomic mass is 35.5. The van der Waals surface area contributed by atoms with Crippen LogP contribution in [0, 0.1) is 5.92 Å². The molecule has 162 valence electrons. The SMILES string of the molecule is O=C(COc1ccc(Cl)cc1)NCC1CCC(c2nnc(-c3ccc(Cl)cc3)o2)CC1. The van der Waals surface area contributed by atoms with E-state index in [2.05, 4.69) is 15.5 Å². The predicted molar refractivity (Wildman–Crippen MR) is 119 cm³/mol. The Morgan fingerprint density at radius 3 is 2.29 bits per heavy atom. The standard InChI is InChI=1S/C23H23Cl2N3O3/c24-18-7-5-17(6-8-18)23-28-27-22(31-23)16-3-1-15(2-4-16)13-26-21(29)14-30-20-11-9-19(25)10-12-20/h5-12,15-16H,1-4,13-14H2,(H,26,29). The number of ether oxygens (including phenoxy) is 1. The maximum Gasteiger partial charge on any atom is 0.257 e. The zero-order chi connectivity index (χ0) is 21.6. The van der Waals surface area contributed by atoms with Crippen LogP contribution < -0.4 is 10.1 Å². The van der Waals surface area contributed by atoms with Crippen LogP contribution in [0.2, 0.25) is 10.0 Å². The summed E-state index contributed by atoms with van der Waals surface area (Å²) < 4.78 is 11.4.